The molecule has 8 nitrogen and oxygen atoms in total. The van der Waals surface area contributed by atoms with Crippen molar-refractivity contribution in [3.63, 3.8) is 0 Å². The van der Waals surface area contributed by atoms with Gasteiger partial charge in [-0.25, -0.2) is 0 Å². The van der Waals surface area contributed by atoms with Crippen LogP contribution in [-0.2, 0) is 4.74 Å². The molecule has 0 spiro atoms. The Morgan fingerprint density at radius 2 is 2.24 bits per heavy atom. The van der Waals surface area contributed by atoms with Crippen molar-refractivity contribution in [2.24, 2.45) is 0 Å². The molecule has 2 N–H and O–H groups in total. The number of ether oxygens (including phenoxy) is 3. The molecule has 3 aromatic rings. The van der Waals surface area contributed by atoms with Gasteiger partial charge in [-0.05, 0) is 18.2 Å². The molecule has 25 heavy (non-hydrogen) atoms. The van der Waals surface area contributed by atoms with Crippen LogP contribution in [0.3, 0.4) is 0 Å². The summed E-state index contributed by atoms with van der Waals surface area (Å²) in [6.07, 6.45) is 6.52. The van der Waals surface area contributed by atoms with Gasteiger partial charge in [0.05, 0.1) is 17.5 Å². The van der Waals surface area contributed by atoms with E-state index in [1.54, 1.807) is 12.1 Å². The smallest absolute Gasteiger partial charge is 0.274 e. The average Bonchev–Trinajstić information content (AvgIpc) is 3.25. The Morgan fingerprint density at radius 1 is 1.40 bits per heavy atom. The number of hydrogen-bond donors (Lipinski definition) is 2. The van der Waals surface area contributed by atoms with Gasteiger partial charge in [-0.2, -0.15) is 9.61 Å². The predicted molar refractivity (Wildman–Crippen MR) is 89.0 cm³/mol. The van der Waals surface area contributed by atoms with Crippen LogP contribution in [0.5, 0.6) is 11.5 Å². The number of fused-ring (bicyclic) bond motifs is 2. The van der Waals surface area contributed by atoms with Gasteiger partial charge in [-0.15, -0.1) is 6.42 Å². The van der Waals surface area contributed by atoms with Crippen molar-refractivity contribution < 1.29 is 14.2 Å². The van der Waals surface area contributed by atoms with Gasteiger partial charge in [-0.3, -0.25) is 10.2 Å². The van der Waals surface area contributed by atoms with E-state index in [0.29, 0.717) is 28.4 Å². The summed E-state index contributed by atoms with van der Waals surface area (Å²) in [4.78, 5) is 15.5. The third-order valence-corrected chi connectivity index (χ3v) is 3.73. The van der Waals surface area contributed by atoms with Crippen LogP contribution in [0.2, 0.25) is 0 Å². The first-order valence-corrected chi connectivity index (χ1v) is 7.33. The quantitative estimate of drug-likeness (QED) is 0.428. The molecule has 0 saturated heterocycles. The Bertz CT molecular complexity index is 1090. The van der Waals surface area contributed by atoms with E-state index in [9.17, 15) is 4.79 Å². The molecule has 0 radical (unpaired) electrons. The fourth-order valence-electron chi connectivity index (χ4n) is 2.56. The maximum absolute atomic E-state index is 12.3. The van der Waals surface area contributed by atoms with Crippen LogP contribution in [-0.4, -0.2) is 33.9 Å². The number of aromatic nitrogens is 3. The Hall–Kier alpha value is -3.73. The van der Waals surface area contributed by atoms with Crippen molar-refractivity contribution in [3.05, 3.63) is 46.4 Å². The zero-order chi connectivity index (χ0) is 17.4. The van der Waals surface area contributed by atoms with Gasteiger partial charge < -0.3 is 19.2 Å². The molecule has 0 unspecified atom stereocenters. The number of terminal acetylenes is 1. The zero-order valence-electron chi connectivity index (χ0n) is 12.9. The second-order valence-corrected chi connectivity index (χ2v) is 5.23. The summed E-state index contributed by atoms with van der Waals surface area (Å²) >= 11 is 0. The first kappa shape index (κ1) is 14.8. The molecule has 0 bridgehead atoms. The molecule has 1 aromatic carbocycles. The second kappa shape index (κ2) is 5.72. The summed E-state index contributed by atoms with van der Waals surface area (Å²) in [5, 5.41) is 11.9. The van der Waals surface area contributed by atoms with Crippen LogP contribution >= 0.6 is 0 Å². The molecule has 8 heteroatoms. The minimum atomic E-state index is -0.336. The summed E-state index contributed by atoms with van der Waals surface area (Å²) in [7, 11) is 0. The van der Waals surface area contributed by atoms with Crippen molar-refractivity contribution in [1.82, 2.24) is 14.6 Å². The molecule has 0 aliphatic carbocycles. The Kier molecular flexibility index (Phi) is 3.40. The van der Waals surface area contributed by atoms with Crippen molar-refractivity contribution >= 4 is 11.5 Å². The normalized spacial score (nSPS) is 12.1. The number of nitrogens with one attached hydrogen (secondary N) is 2. The van der Waals surface area contributed by atoms with Gasteiger partial charge in [0.25, 0.3) is 5.56 Å². The van der Waals surface area contributed by atoms with Gasteiger partial charge in [0.1, 0.15) is 5.65 Å². The van der Waals surface area contributed by atoms with Crippen LogP contribution < -0.4 is 15.0 Å². The van der Waals surface area contributed by atoms with E-state index in [1.807, 2.05) is 6.07 Å². The van der Waals surface area contributed by atoms with Gasteiger partial charge in [0, 0.05) is 11.6 Å². The van der Waals surface area contributed by atoms with Gasteiger partial charge in [0.15, 0.2) is 18.1 Å². The molecule has 0 fully saturated rings. The molecule has 0 amide bonds. The Balaban J connectivity index is 1.82. The fraction of sp³-hybridized carbons (Fsp3) is 0.118. The molecular weight excluding hydrogens is 324 g/mol. The molecular formula is C17H12N4O4. The van der Waals surface area contributed by atoms with E-state index < -0.39 is 0 Å². The minimum Gasteiger partial charge on any atom is -0.464 e. The molecule has 3 heterocycles. The summed E-state index contributed by atoms with van der Waals surface area (Å²) in [5.74, 6) is 3.40. The minimum absolute atomic E-state index is 0.0394. The van der Waals surface area contributed by atoms with E-state index in [0.717, 1.165) is 5.56 Å². The molecule has 124 valence electrons. The molecule has 0 saturated carbocycles. The van der Waals surface area contributed by atoms with E-state index in [-0.39, 0.29) is 24.9 Å². The lowest BCUT2D eigenvalue weighted by Crippen LogP contribution is -2.15. The summed E-state index contributed by atoms with van der Waals surface area (Å²) in [6.45, 7) is 0.132. The Morgan fingerprint density at radius 3 is 3.08 bits per heavy atom. The second-order valence-electron chi connectivity index (χ2n) is 5.23. The van der Waals surface area contributed by atoms with Gasteiger partial charge >= 0.3 is 0 Å². The van der Waals surface area contributed by atoms with E-state index in [4.69, 9.17) is 26.0 Å². The van der Waals surface area contributed by atoms with E-state index in [1.165, 1.54) is 16.8 Å². The van der Waals surface area contributed by atoms with E-state index in [2.05, 4.69) is 16.0 Å². The summed E-state index contributed by atoms with van der Waals surface area (Å²) < 4.78 is 16.9. The third-order valence-electron chi connectivity index (χ3n) is 3.73. The monoisotopic (exact) mass is 336 g/mol. The van der Waals surface area contributed by atoms with E-state index >= 15 is 0 Å². The maximum Gasteiger partial charge on any atom is 0.274 e. The van der Waals surface area contributed by atoms with Crippen LogP contribution in [0.1, 0.15) is 5.56 Å². The maximum atomic E-state index is 12.3. The third kappa shape index (κ3) is 2.48. The lowest BCUT2D eigenvalue weighted by atomic mass is 10.1. The lowest BCUT2D eigenvalue weighted by Gasteiger charge is -2.06. The van der Waals surface area contributed by atoms with Crippen LogP contribution in [0, 0.1) is 17.8 Å². The van der Waals surface area contributed by atoms with Crippen molar-refractivity contribution in [2.45, 2.75) is 0 Å². The fourth-order valence-corrected chi connectivity index (χ4v) is 2.56. The van der Waals surface area contributed by atoms with Gasteiger partial charge in [-0.1, -0.05) is 5.92 Å². The molecule has 0 atom stereocenters. The highest BCUT2D eigenvalue weighted by atomic mass is 16.7. The lowest BCUT2D eigenvalue weighted by molar-refractivity contribution is 0.174. The number of rotatable bonds is 3. The molecule has 1 aliphatic rings. The first-order valence-electron chi connectivity index (χ1n) is 7.33. The largest absolute Gasteiger partial charge is 0.464 e. The SMILES string of the molecule is C#CCOC(=N)c1cnn2c(=O)cc(-c3ccc4c(c3)OCO4)[nH]c12. The van der Waals surface area contributed by atoms with Crippen molar-refractivity contribution in [1.29, 1.82) is 5.41 Å². The zero-order valence-corrected chi connectivity index (χ0v) is 12.9. The van der Waals surface area contributed by atoms with Crippen LogP contribution in [0.25, 0.3) is 16.9 Å². The van der Waals surface area contributed by atoms with Crippen LogP contribution in [0.4, 0.5) is 0 Å². The highest BCUT2D eigenvalue weighted by Crippen LogP contribution is 2.35. The first-order chi connectivity index (χ1) is 12.2. The topological polar surface area (TPSA) is 102 Å². The highest BCUT2D eigenvalue weighted by Gasteiger charge is 2.17. The number of H-pyrrole nitrogens is 1. The highest BCUT2D eigenvalue weighted by molar-refractivity contribution is 5.97. The number of aromatic amines is 1. The molecule has 4 rings (SSSR count). The number of hydrogen-bond acceptors (Lipinski definition) is 6. The Labute approximate surface area is 141 Å². The van der Waals surface area contributed by atoms with Crippen LogP contribution in [0.15, 0.2) is 35.3 Å². The molecule has 1 aliphatic heterocycles. The standard InChI is InChI=1S/C17H12N4O4/c1-2-5-23-16(18)11-8-19-21-15(22)7-12(20-17(11)21)10-3-4-13-14(6-10)25-9-24-13/h1,3-4,6-8,18,20H,5,9H2. The predicted octanol–water partition coefficient (Wildman–Crippen LogP) is 1.39. The number of benzene rings is 1. The van der Waals surface area contributed by atoms with Crippen molar-refractivity contribution in [3.8, 4) is 35.1 Å². The van der Waals surface area contributed by atoms with Gasteiger partial charge in [0.2, 0.25) is 12.7 Å². The van der Waals surface area contributed by atoms with Crippen molar-refractivity contribution in [2.75, 3.05) is 13.4 Å². The number of nitrogens with zero attached hydrogens (tertiary/aromatic N) is 2. The molecule has 2 aromatic heterocycles. The summed E-state index contributed by atoms with van der Waals surface area (Å²) in [5.41, 5.74) is 1.66. The summed E-state index contributed by atoms with van der Waals surface area (Å²) in [6, 6.07) is 6.79. The average molecular weight is 336 g/mol.